The molecule has 1 aliphatic heterocycles. The van der Waals surface area contributed by atoms with Crippen LogP contribution in [0.25, 0.3) is 0 Å². The molecule has 5 nitrogen and oxygen atoms in total. The largest absolute Gasteiger partial charge is 0.493 e. The van der Waals surface area contributed by atoms with Crippen LogP contribution in [0.1, 0.15) is 51.8 Å². The molecular weight excluding hydrogens is 264 g/mol. The van der Waals surface area contributed by atoms with Crippen molar-refractivity contribution in [3.63, 3.8) is 0 Å². The Morgan fingerprint density at radius 3 is 2.52 bits per heavy atom. The van der Waals surface area contributed by atoms with E-state index in [0.717, 1.165) is 18.0 Å². The third-order valence-electron chi connectivity index (χ3n) is 4.80. The predicted octanol–water partition coefficient (Wildman–Crippen LogP) is 2.44. The van der Waals surface area contributed by atoms with Crippen molar-refractivity contribution in [1.29, 1.82) is 0 Å². The Bertz CT molecular complexity index is 428. The highest BCUT2D eigenvalue weighted by Crippen LogP contribution is 2.37. The molecule has 0 spiro atoms. The maximum Gasteiger partial charge on any atom is 0.161 e. The van der Waals surface area contributed by atoms with Crippen molar-refractivity contribution < 1.29 is 4.74 Å². The molecule has 1 aromatic rings. The number of hydrogen-bond donors (Lipinski definition) is 1. The molecule has 1 unspecified atom stereocenters. The Morgan fingerprint density at radius 2 is 2.00 bits per heavy atom. The van der Waals surface area contributed by atoms with Gasteiger partial charge < -0.3 is 10.1 Å². The summed E-state index contributed by atoms with van der Waals surface area (Å²) in [6.45, 7) is 9.98. The summed E-state index contributed by atoms with van der Waals surface area (Å²) in [4.78, 5) is 2.60. The normalized spacial score (nSPS) is 18.7. The Hall–Kier alpha value is -1.07. The van der Waals surface area contributed by atoms with E-state index in [1.165, 1.54) is 32.4 Å². The van der Waals surface area contributed by atoms with Gasteiger partial charge in [-0.15, -0.1) is 0 Å². The lowest BCUT2D eigenvalue weighted by Gasteiger charge is -2.46. The van der Waals surface area contributed by atoms with Gasteiger partial charge in [0.25, 0.3) is 0 Å². The van der Waals surface area contributed by atoms with Gasteiger partial charge in [0.2, 0.25) is 0 Å². The summed E-state index contributed by atoms with van der Waals surface area (Å²) in [5, 5.41) is 7.98. The van der Waals surface area contributed by atoms with Crippen molar-refractivity contribution in [2.75, 3.05) is 27.2 Å². The van der Waals surface area contributed by atoms with Gasteiger partial charge in [-0.05, 0) is 53.8 Å². The van der Waals surface area contributed by atoms with E-state index >= 15 is 0 Å². The number of rotatable bonds is 6. The SMILES string of the molecule is CCn1ncc(OC)c1C(NC)C(C)(C)N1CCCCC1. The third-order valence-corrected chi connectivity index (χ3v) is 4.80. The minimum atomic E-state index is 0.0232. The highest BCUT2D eigenvalue weighted by Gasteiger charge is 2.39. The summed E-state index contributed by atoms with van der Waals surface area (Å²) in [5.41, 5.74) is 1.17. The first-order valence-electron chi connectivity index (χ1n) is 8.08. The Labute approximate surface area is 128 Å². The number of ether oxygens (including phenoxy) is 1. The number of piperidine rings is 1. The molecule has 1 saturated heterocycles. The van der Waals surface area contributed by atoms with Crippen LogP contribution in [0.5, 0.6) is 5.75 Å². The molecule has 5 heteroatoms. The average molecular weight is 294 g/mol. The summed E-state index contributed by atoms with van der Waals surface area (Å²) in [6.07, 6.45) is 5.77. The highest BCUT2D eigenvalue weighted by molar-refractivity contribution is 5.31. The van der Waals surface area contributed by atoms with E-state index in [1.807, 2.05) is 17.9 Å². The molecule has 21 heavy (non-hydrogen) atoms. The van der Waals surface area contributed by atoms with Crippen molar-refractivity contribution in [3.05, 3.63) is 11.9 Å². The van der Waals surface area contributed by atoms with Crippen LogP contribution >= 0.6 is 0 Å². The summed E-state index contributed by atoms with van der Waals surface area (Å²) < 4.78 is 7.60. The summed E-state index contributed by atoms with van der Waals surface area (Å²) in [6, 6.07) is 0.188. The number of hydrogen-bond acceptors (Lipinski definition) is 4. The zero-order valence-corrected chi connectivity index (χ0v) is 14.1. The predicted molar refractivity (Wildman–Crippen MR) is 85.8 cm³/mol. The minimum Gasteiger partial charge on any atom is -0.493 e. The number of aromatic nitrogens is 2. The first kappa shape index (κ1) is 16.3. The smallest absolute Gasteiger partial charge is 0.161 e. The van der Waals surface area contributed by atoms with Crippen LogP contribution in [0.15, 0.2) is 6.20 Å². The number of aryl methyl sites for hydroxylation is 1. The van der Waals surface area contributed by atoms with Crippen LogP contribution in [-0.4, -0.2) is 47.5 Å². The average Bonchev–Trinajstić information content (AvgIpc) is 2.91. The number of nitrogens with one attached hydrogen (secondary N) is 1. The minimum absolute atomic E-state index is 0.0232. The van der Waals surface area contributed by atoms with Gasteiger partial charge >= 0.3 is 0 Å². The van der Waals surface area contributed by atoms with Crippen molar-refractivity contribution in [1.82, 2.24) is 20.0 Å². The van der Waals surface area contributed by atoms with E-state index in [0.29, 0.717) is 0 Å². The van der Waals surface area contributed by atoms with Crippen molar-refractivity contribution in [2.45, 2.75) is 58.2 Å². The molecule has 0 aromatic carbocycles. The van der Waals surface area contributed by atoms with Crippen molar-refractivity contribution >= 4 is 0 Å². The first-order valence-corrected chi connectivity index (χ1v) is 8.08. The van der Waals surface area contributed by atoms with Gasteiger partial charge in [-0.3, -0.25) is 9.58 Å². The third kappa shape index (κ3) is 3.09. The van der Waals surface area contributed by atoms with Crippen LogP contribution in [0.3, 0.4) is 0 Å². The van der Waals surface area contributed by atoms with E-state index < -0.39 is 0 Å². The first-order chi connectivity index (χ1) is 10.1. The molecule has 2 heterocycles. The second-order valence-electron chi connectivity index (χ2n) is 6.34. The fourth-order valence-electron chi connectivity index (χ4n) is 3.56. The summed E-state index contributed by atoms with van der Waals surface area (Å²) >= 11 is 0. The van der Waals surface area contributed by atoms with Crippen molar-refractivity contribution in [3.8, 4) is 5.75 Å². The number of methoxy groups -OCH3 is 1. The number of likely N-dealkylation sites (tertiary alicyclic amines) is 1. The summed E-state index contributed by atoms with van der Waals surface area (Å²) in [5.74, 6) is 0.876. The zero-order chi connectivity index (χ0) is 15.5. The molecule has 1 fully saturated rings. The van der Waals surface area contributed by atoms with Crippen molar-refractivity contribution in [2.24, 2.45) is 0 Å². The fourth-order valence-corrected chi connectivity index (χ4v) is 3.56. The molecule has 1 aromatic heterocycles. The van der Waals surface area contributed by atoms with Gasteiger partial charge in [0.1, 0.15) is 0 Å². The molecule has 0 bridgehead atoms. The molecule has 120 valence electrons. The maximum absolute atomic E-state index is 5.55. The molecule has 0 radical (unpaired) electrons. The van der Waals surface area contributed by atoms with E-state index in [4.69, 9.17) is 4.74 Å². The second-order valence-corrected chi connectivity index (χ2v) is 6.34. The van der Waals surface area contributed by atoms with Crippen LogP contribution in [0, 0.1) is 0 Å². The molecule has 1 N–H and O–H groups in total. The lowest BCUT2D eigenvalue weighted by molar-refractivity contribution is 0.0596. The quantitative estimate of drug-likeness (QED) is 0.875. The van der Waals surface area contributed by atoms with Gasteiger partial charge in [-0.25, -0.2) is 0 Å². The lowest BCUT2D eigenvalue weighted by Crippen LogP contribution is -2.54. The monoisotopic (exact) mass is 294 g/mol. The molecule has 1 aliphatic rings. The van der Waals surface area contributed by atoms with Crippen LogP contribution in [0.4, 0.5) is 0 Å². The van der Waals surface area contributed by atoms with Gasteiger partial charge in [-0.1, -0.05) is 6.42 Å². The lowest BCUT2D eigenvalue weighted by atomic mass is 9.87. The topological polar surface area (TPSA) is 42.3 Å². The highest BCUT2D eigenvalue weighted by atomic mass is 16.5. The van der Waals surface area contributed by atoms with Crippen LogP contribution in [-0.2, 0) is 6.54 Å². The maximum atomic E-state index is 5.55. The zero-order valence-electron chi connectivity index (χ0n) is 14.1. The molecule has 2 rings (SSSR count). The number of nitrogens with zero attached hydrogens (tertiary/aromatic N) is 3. The molecule has 0 saturated carbocycles. The van der Waals surface area contributed by atoms with Gasteiger partial charge in [0, 0.05) is 12.1 Å². The van der Waals surface area contributed by atoms with E-state index in [9.17, 15) is 0 Å². The van der Waals surface area contributed by atoms with Crippen LogP contribution in [0.2, 0.25) is 0 Å². The second kappa shape index (κ2) is 6.79. The van der Waals surface area contributed by atoms with Gasteiger partial charge in [0.05, 0.1) is 25.0 Å². The fraction of sp³-hybridized carbons (Fsp3) is 0.812. The van der Waals surface area contributed by atoms with Gasteiger partial charge in [0.15, 0.2) is 5.75 Å². The molecule has 0 aliphatic carbocycles. The molecular formula is C16H30N4O. The van der Waals surface area contributed by atoms with E-state index in [-0.39, 0.29) is 11.6 Å². The van der Waals surface area contributed by atoms with E-state index in [1.54, 1.807) is 7.11 Å². The molecule has 1 atom stereocenters. The van der Waals surface area contributed by atoms with Crippen LogP contribution < -0.4 is 10.1 Å². The Balaban J connectivity index is 2.35. The van der Waals surface area contributed by atoms with Gasteiger partial charge in [-0.2, -0.15) is 5.10 Å². The standard InChI is InChI=1S/C16H30N4O/c1-6-20-14(13(21-5)12-18-20)15(17-4)16(2,3)19-10-8-7-9-11-19/h12,15,17H,6-11H2,1-5H3. The Kier molecular flexibility index (Phi) is 5.27. The van der Waals surface area contributed by atoms with E-state index in [2.05, 4.69) is 36.1 Å². The number of likely N-dealkylation sites (N-methyl/N-ethyl adjacent to an activating group) is 1. The Morgan fingerprint density at radius 1 is 1.33 bits per heavy atom. The summed E-state index contributed by atoms with van der Waals surface area (Å²) in [7, 11) is 3.75. The molecule has 0 amide bonds.